The third kappa shape index (κ3) is 1.78. The van der Waals surface area contributed by atoms with Crippen molar-refractivity contribution in [2.75, 3.05) is 0 Å². The van der Waals surface area contributed by atoms with Gasteiger partial charge in [-0.1, -0.05) is 0 Å². The Balaban J connectivity index is 2.48. The molecule has 78 valence electrons. The monoisotopic (exact) mass is 220 g/mol. The summed E-state index contributed by atoms with van der Waals surface area (Å²) in [6.07, 6.45) is 0. The fourth-order valence-electron chi connectivity index (χ4n) is 1.43. The second-order valence-electron chi connectivity index (χ2n) is 3.16. The Kier molecular flexibility index (Phi) is 2.55. The third-order valence-electron chi connectivity index (χ3n) is 2.17. The molecule has 0 radical (unpaired) electrons. The van der Waals surface area contributed by atoms with Gasteiger partial charge in [-0.25, -0.2) is 0 Å². The molecule has 3 N–H and O–H groups in total. The highest BCUT2D eigenvalue weighted by Gasteiger charge is 2.10. The van der Waals surface area contributed by atoms with E-state index in [1.807, 2.05) is 29.8 Å². The number of nitrogen functional groups attached to an aromatic ring is 1. The zero-order valence-corrected chi connectivity index (χ0v) is 9.21. The highest BCUT2D eigenvalue weighted by atomic mass is 32.1. The van der Waals surface area contributed by atoms with Crippen molar-refractivity contribution in [1.29, 1.82) is 5.41 Å². The molecule has 0 aliphatic rings. The Bertz CT molecular complexity index is 470. The molecular formula is C10H12N4S. The Morgan fingerprint density at radius 3 is 2.93 bits per heavy atom. The number of thiophene rings is 1. The van der Waals surface area contributed by atoms with Gasteiger partial charge in [0.25, 0.3) is 0 Å². The van der Waals surface area contributed by atoms with Gasteiger partial charge in [0.05, 0.1) is 5.69 Å². The standard InChI is InChI=1S/C10H12N4S/c1-2-14-9(10(11)12)5-8(13-14)7-3-4-15-6-7/h3-6H,2H2,1H3,(H3,11,12). The fourth-order valence-corrected chi connectivity index (χ4v) is 2.08. The van der Waals surface area contributed by atoms with Gasteiger partial charge in [0.15, 0.2) is 0 Å². The van der Waals surface area contributed by atoms with Gasteiger partial charge in [-0.15, -0.1) is 0 Å². The smallest absolute Gasteiger partial charge is 0.141 e. The minimum atomic E-state index is 0.0610. The lowest BCUT2D eigenvalue weighted by molar-refractivity contribution is 0.655. The topological polar surface area (TPSA) is 67.7 Å². The molecule has 2 aromatic rings. The summed E-state index contributed by atoms with van der Waals surface area (Å²) in [6.45, 7) is 2.70. The summed E-state index contributed by atoms with van der Waals surface area (Å²) in [6, 6.07) is 3.87. The first-order valence-electron chi connectivity index (χ1n) is 4.67. The van der Waals surface area contributed by atoms with Gasteiger partial charge in [-0.2, -0.15) is 16.4 Å². The summed E-state index contributed by atoms with van der Waals surface area (Å²) >= 11 is 1.63. The van der Waals surface area contributed by atoms with Gasteiger partial charge in [-0.3, -0.25) is 10.1 Å². The number of nitrogens with zero attached hydrogens (tertiary/aromatic N) is 2. The van der Waals surface area contributed by atoms with E-state index in [9.17, 15) is 0 Å². The molecule has 0 aromatic carbocycles. The van der Waals surface area contributed by atoms with Crippen molar-refractivity contribution < 1.29 is 0 Å². The van der Waals surface area contributed by atoms with Crippen molar-refractivity contribution >= 4 is 17.2 Å². The van der Waals surface area contributed by atoms with Crippen LogP contribution < -0.4 is 5.73 Å². The number of aryl methyl sites for hydroxylation is 1. The molecule has 0 spiro atoms. The molecular weight excluding hydrogens is 208 g/mol. The number of rotatable bonds is 3. The second-order valence-corrected chi connectivity index (χ2v) is 3.94. The molecule has 5 heteroatoms. The van der Waals surface area contributed by atoms with Crippen LogP contribution in [0.4, 0.5) is 0 Å². The van der Waals surface area contributed by atoms with Crippen molar-refractivity contribution in [3.8, 4) is 11.3 Å². The van der Waals surface area contributed by atoms with Crippen LogP contribution in [0.25, 0.3) is 11.3 Å². The van der Waals surface area contributed by atoms with Crippen molar-refractivity contribution in [3.05, 3.63) is 28.6 Å². The van der Waals surface area contributed by atoms with E-state index in [4.69, 9.17) is 11.1 Å². The first-order chi connectivity index (χ1) is 7.22. The quantitative estimate of drug-likeness (QED) is 0.613. The van der Waals surface area contributed by atoms with E-state index in [1.54, 1.807) is 16.0 Å². The molecule has 0 atom stereocenters. The molecule has 2 aromatic heterocycles. The maximum Gasteiger partial charge on any atom is 0.141 e. The van der Waals surface area contributed by atoms with Crippen molar-refractivity contribution in [3.63, 3.8) is 0 Å². The molecule has 0 bridgehead atoms. The Hall–Kier alpha value is -1.62. The van der Waals surface area contributed by atoms with Crippen LogP contribution in [0, 0.1) is 5.41 Å². The molecule has 0 saturated carbocycles. The van der Waals surface area contributed by atoms with Crippen molar-refractivity contribution in [2.24, 2.45) is 5.73 Å². The molecule has 2 heterocycles. The predicted molar refractivity (Wildman–Crippen MR) is 62.2 cm³/mol. The third-order valence-corrected chi connectivity index (χ3v) is 2.86. The normalized spacial score (nSPS) is 10.5. The van der Waals surface area contributed by atoms with Crippen LogP contribution in [-0.2, 0) is 6.54 Å². The summed E-state index contributed by atoms with van der Waals surface area (Å²) in [5, 5.41) is 15.9. The molecule has 0 saturated heterocycles. The predicted octanol–water partition coefficient (Wildman–Crippen LogP) is 1.92. The average Bonchev–Trinajstić information content (AvgIpc) is 2.86. The number of amidine groups is 1. The highest BCUT2D eigenvalue weighted by molar-refractivity contribution is 7.08. The fraction of sp³-hybridized carbons (Fsp3) is 0.200. The van der Waals surface area contributed by atoms with Gasteiger partial charge < -0.3 is 5.73 Å². The SMILES string of the molecule is CCn1nc(-c2ccsc2)cc1C(=N)N. The molecule has 0 fully saturated rings. The first kappa shape index (κ1) is 9.92. The van der Waals surface area contributed by atoms with Crippen LogP contribution in [-0.4, -0.2) is 15.6 Å². The largest absolute Gasteiger partial charge is 0.382 e. The lowest BCUT2D eigenvalue weighted by Crippen LogP contribution is -2.16. The minimum absolute atomic E-state index is 0.0610. The van der Waals surface area contributed by atoms with Gasteiger partial charge in [-0.05, 0) is 24.4 Å². The number of hydrogen-bond donors (Lipinski definition) is 2. The maximum atomic E-state index is 7.44. The Morgan fingerprint density at radius 2 is 2.47 bits per heavy atom. The second kappa shape index (κ2) is 3.86. The van der Waals surface area contributed by atoms with E-state index in [-0.39, 0.29) is 5.84 Å². The lowest BCUT2D eigenvalue weighted by atomic mass is 10.2. The number of aromatic nitrogens is 2. The van der Waals surface area contributed by atoms with Gasteiger partial charge >= 0.3 is 0 Å². The molecule has 2 rings (SSSR count). The molecule has 0 unspecified atom stereocenters. The van der Waals surface area contributed by atoms with Crippen LogP contribution in [0.2, 0.25) is 0 Å². The summed E-state index contributed by atoms with van der Waals surface area (Å²) in [5.41, 5.74) is 8.12. The number of nitrogens with two attached hydrogens (primary N) is 1. The van der Waals surface area contributed by atoms with E-state index >= 15 is 0 Å². The van der Waals surface area contributed by atoms with E-state index in [0.29, 0.717) is 5.69 Å². The van der Waals surface area contributed by atoms with E-state index < -0.39 is 0 Å². The Morgan fingerprint density at radius 1 is 1.67 bits per heavy atom. The van der Waals surface area contributed by atoms with Crippen LogP contribution in [0.5, 0.6) is 0 Å². The molecule has 0 aliphatic carbocycles. The zero-order valence-electron chi connectivity index (χ0n) is 8.40. The van der Waals surface area contributed by atoms with Crippen molar-refractivity contribution in [2.45, 2.75) is 13.5 Å². The lowest BCUT2D eigenvalue weighted by Gasteiger charge is -2.00. The van der Waals surface area contributed by atoms with Crippen LogP contribution in [0.1, 0.15) is 12.6 Å². The average molecular weight is 220 g/mol. The summed E-state index contributed by atoms with van der Waals surface area (Å²) in [7, 11) is 0. The number of hydrogen-bond acceptors (Lipinski definition) is 3. The maximum absolute atomic E-state index is 7.44. The van der Waals surface area contributed by atoms with E-state index in [1.165, 1.54) is 0 Å². The van der Waals surface area contributed by atoms with Crippen LogP contribution in [0.15, 0.2) is 22.9 Å². The molecule has 4 nitrogen and oxygen atoms in total. The zero-order chi connectivity index (χ0) is 10.8. The van der Waals surface area contributed by atoms with Gasteiger partial charge in [0.2, 0.25) is 0 Å². The van der Waals surface area contributed by atoms with E-state index in [2.05, 4.69) is 5.10 Å². The van der Waals surface area contributed by atoms with Gasteiger partial charge in [0, 0.05) is 17.5 Å². The summed E-state index contributed by atoms with van der Waals surface area (Å²) in [4.78, 5) is 0. The summed E-state index contributed by atoms with van der Waals surface area (Å²) in [5.74, 6) is 0.0610. The first-order valence-corrected chi connectivity index (χ1v) is 5.61. The van der Waals surface area contributed by atoms with E-state index in [0.717, 1.165) is 17.8 Å². The minimum Gasteiger partial charge on any atom is -0.382 e. The molecule has 0 aliphatic heterocycles. The van der Waals surface area contributed by atoms with Crippen LogP contribution >= 0.6 is 11.3 Å². The highest BCUT2D eigenvalue weighted by Crippen LogP contribution is 2.21. The summed E-state index contributed by atoms with van der Waals surface area (Å²) < 4.78 is 1.75. The van der Waals surface area contributed by atoms with Gasteiger partial charge in [0.1, 0.15) is 11.5 Å². The molecule has 15 heavy (non-hydrogen) atoms. The number of nitrogens with one attached hydrogen (secondary N) is 1. The van der Waals surface area contributed by atoms with Crippen molar-refractivity contribution in [1.82, 2.24) is 9.78 Å². The van der Waals surface area contributed by atoms with Crippen LogP contribution in [0.3, 0.4) is 0 Å². The molecule has 0 amide bonds. The Labute approximate surface area is 91.9 Å².